The molecule has 0 aromatic heterocycles. The highest BCUT2D eigenvalue weighted by molar-refractivity contribution is 7.80. The number of benzene rings is 5. The van der Waals surface area contributed by atoms with Crippen molar-refractivity contribution in [2.75, 3.05) is 6.61 Å². The molecule has 13 heteroatoms. The Morgan fingerprint density at radius 3 is 1.39 bits per heavy atom. The summed E-state index contributed by atoms with van der Waals surface area (Å²) in [5, 5.41) is 1.65. The molecule has 0 saturated carbocycles. The zero-order valence-corrected chi connectivity index (χ0v) is 33.3. The maximum atomic E-state index is 14.1. The van der Waals surface area contributed by atoms with Crippen LogP contribution in [0.3, 0.4) is 0 Å². The molecule has 0 aliphatic carbocycles. The number of nitrogens with zero attached hydrogens (tertiary/aromatic N) is 2. The van der Waals surface area contributed by atoms with Gasteiger partial charge in [-0.15, -0.1) is 5.06 Å². The van der Waals surface area contributed by atoms with Gasteiger partial charge in [-0.3, -0.25) is 4.90 Å². The molecule has 7 rings (SSSR count). The van der Waals surface area contributed by atoms with Crippen molar-refractivity contribution >= 4 is 41.3 Å². The zero-order chi connectivity index (χ0) is 41.5. The van der Waals surface area contributed by atoms with Gasteiger partial charge in [0.25, 0.3) is 5.17 Å². The first kappa shape index (κ1) is 40.8. The molecule has 0 spiro atoms. The second kappa shape index (κ2) is 18.0. The number of rotatable bonds is 11. The lowest BCUT2D eigenvalue weighted by Gasteiger charge is -2.48. The van der Waals surface area contributed by atoms with Gasteiger partial charge in [0, 0.05) is 0 Å². The number of esters is 4. The van der Waals surface area contributed by atoms with E-state index in [1.165, 1.54) is 0 Å². The molecule has 2 heterocycles. The molecule has 2 aliphatic heterocycles. The fourth-order valence-electron chi connectivity index (χ4n) is 6.83. The Bertz CT molecular complexity index is 2240. The first-order valence-corrected chi connectivity index (χ1v) is 19.4. The minimum atomic E-state index is -1.58. The van der Waals surface area contributed by atoms with Crippen molar-refractivity contribution in [1.29, 1.82) is 0 Å². The van der Waals surface area contributed by atoms with E-state index in [-0.39, 0.29) is 27.4 Å². The number of hydrogen-bond acceptors (Lipinski definition) is 12. The van der Waals surface area contributed by atoms with Gasteiger partial charge in [-0.25, -0.2) is 19.2 Å². The molecule has 0 radical (unpaired) electrons. The van der Waals surface area contributed by atoms with E-state index in [1.54, 1.807) is 131 Å². The summed E-state index contributed by atoms with van der Waals surface area (Å²) in [5.74, 6) is -3.08. The standard InChI is InChI=1S/C46H42N2O10S/c1-46(2,3)48-39(30-19-9-4-10-20-30)47(45(59)58-48)40-38(57-44(52)34-27-17-8-18-28-34)37(56-43(51)33-25-15-7-16-26-33)36(55-42(50)32-23-13-6-14-24-32)35(54-40)29-53-41(49)31-21-11-5-12-22-31/h4-28,35-40H,29H2,1-3H3/t35-,36-,37+,38-,39?,40-/m1/s1. The van der Waals surface area contributed by atoms with Crippen LogP contribution in [0.15, 0.2) is 152 Å². The van der Waals surface area contributed by atoms with Crippen molar-refractivity contribution in [3.63, 3.8) is 0 Å². The lowest BCUT2D eigenvalue weighted by Crippen LogP contribution is -2.67. The van der Waals surface area contributed by atoms with Gasteiger partial charge in [0.05, 0.1) is 27.8 Å². The van der Waals surface area contributed by atoms with E-state index in [1.807, 2.05) is 51.1 Å². The number of hydrogen-bond donors (Lipinski definition) is 0. The third kappa shape index (κ3) is 9.33. The van der Waals surface area contributed by atoms with Gasteiger partial charge < -0.3 is 28.5 Å². The molecule has 5 aromatic rings. The van der Waals surface area contributed by atoms with E-state index in [9.17, 15) is 19.2 Å². The van der Waals surface area contributed by atoms with E-state index in [2.05, 4.69) is 0 Å². The van der Waals surface area contributed by atoms with E-state index in [4.69, 9.17) is 40.7 Å². The van der Waals surface area contributed by atoms with Gasteiger partial charge in [0.1, 0.15) is 18.9 Å². The molecule has 2 fully saturated rings. The predicted octanol–water partition coefficient (Wildman–Crippen LogP) is 7.58. The Morgan fingerprint density at radius 1 is 0.559 bits per heavy atom. The van der Waals surface area contributed by atoms with Crippen LogP contribution in [0.25, 0.3) is 0 Å². The zero-order valence-electron chi connectivity index (χ0n) is 32.5. The first-order chi connectivity index (χ1) is 28.5. The molecule has 5 aromatic carbocycles. The fraction of sp³-hybridized carbons (Fsp3) is 0.239. The molecule has 59 heavy (non-hydrogen) atoms. The predicted molar refractivity (Wildman–Crippen MR) is 219 cm³/mol. The number of thiocarbonyl (C=S) groups is 1. The van der Waals surface area contributed by atoms with Crippen LogP contribution in [0.1, 0.15) is 73.9 Å². The maximum absolute atomic E-state index is 14.1. The van der Waals surface area contributed by atoms with Gasteiger partial charge in [-0.2, -0.15) is 0 Å². The van der Waals surface area contributed by atoms with Gasteiger partial charge in [0.2, 0.25) is 0 Å². The quantitative estimate of drug-likeness (QED) is 0.0739. The van der Waals surface area contributed by atoms with E-state index >= 15 is 0 Å². The van der Waals surface area contributed by atoms with Crippen molar-refractivity contribution in [1.82, 2.24) is 9.96 Å². The molecule has 12 nitrogen and oxygen atoms in total. The summed E-state index contributed by atoms with van der Waals surface area (Å²) in [4.78, 5) is 63.6. The van der Waals surface area contributed by atoms with Crippen LogP contribution in [-0.4, -0.2) is 81.8 Å². The minimum absolute atomic E-state index is 0.0487. The normalized spacial score (nSPS) is 21.8. The Labute approximate surface area is 347 Å². The highest BCUT2D eigenvalue weighted by Gasteiger charge is 2.59. The van der Waals surface area contributed by atoms with E-state index in [0.717, 1.165) is 5.56 Å². The highest BCUT2D eigenvalue weighted by atomic mass is 32.1. The smallest absolute Gasteiger partial charge is 0.338 e. The van der Waals surface area contributed by atoms with Crippen LogP contribution in [-0.2, 0) is 28.5 Å². The van der Waals surface area contributed by atoms with E-state index in [0.29, 0.717) is 0 Å². The van der Waals surface area contributed by atoms with Gasteiger partial charge in [-0.05, 0) is 87.1 Å². The second-order valence-electron chi connectivity index (χ2n) is 14.8. The Balaban J connectivity index is 1.38. The van der Waals surface area contributed by atoms with Crippen molar-refractivity contribution in [3.8, 4) is 0 Å². The van der Waals surface area contributed by atoms with Crippen molar-refractivity contribution in [2.24, 2.45) is 0 Å². The molecule has 1 unspecified atom stereocenters. The molecular weight excluding hydrogens is 773 g/mol. The number of carbonyl (C=O) groups excluding carboxylic acids is 4. The summed E-state index contributed by atoms with van der Waals surface area (Å²) in [6, 6.07) is 42.3. The summed E-state index contributed by atoms with van der Waals surface area (Å²) in [6.07, 6.45) is -8.15. The maximum Gasteiger partial charge on any atom is 0.338 e. The van der Waals surface area contributed by atoms with Crippen LogP contribution >= 0.6 is 12.2 Å². The molecule has 2 aliphatic rings. The first-order valence-electron chi connectivity index (χ1n) is 19.0. The lowest BCUT2D eigenvalue weighted by molar-refractivity contribution is -0.263. The van der Waals surface area contributed by atoms with Crippen LogP contribution in [0.4, 0.5) is 0 Å². The number of carbonyl (C=O) groups is 4. The summed E-state index contributed by atoms with van der Waals surface area (Å²) in [5.41, 5.74) is 0.888. The van der Waals surface area contributed by atoms with Crippen LogP contribution < -0.4 is 0 Å². The van der Waals surface area contributed by atoms with Crippen molar-refractivity contribution in [3.05, 3.63) is 179 Å². The SMILES string of the molecule is CC(C)(C)N1OC(=S)N([C@@H]2O[C@H](COC(=O)c3ccccc3)[C@@H](OC(=O)c3ccccc3)[C@H](OC(=O)c3ccccc3)[C@H]2OC(=O)c2ccccc2)C1c1ccccc1. The largest absolute Gasteiger partial charge is 0.459 e. The Kier molecular flexibility index (Phi) is 12.5. The topological polar surface area (TPSA) is 130 Å². The van der Waals surface area contributed by atoms with Gasteiger partial charge in [0.15, 0.2) is 24.5 Å². The minimum Gasteiger partial charge on any atom is -0.459 e. The van der Waals surface area contributed by atoms with Crippen LogP contribution in [0, 0.1) is 0 Å². The molecule has 0 bridgehead atoms. The Morgan fingerprint density at radius 2 is 0.949 bits per heavy atom. The summed E-state index contributed by atoms with van der Waals surface area (Å²) in [7, 11) is 0. The van der Waals surface area contributed by atoms with Gasteiger partial charge in [-0.1, -0.05) is 103 Å². The van der Waals surface area contributed by atoms with E-state index < -0.39 is 72.8 Å². The summed E-state index contributed by atoms with van der Waals surface area (Å²) < 4.78 is 31.6. The molecule has 0 N–H and O–H groups in total. The third-order valence-corrected chi connectivity index (χ3v) is 9.95. The lowest BCUT2D eigenvalue weighted by atomic mass is 9.95. The average Bonchev–Trinajstić information content (AvgIpc) is 3.63. The third-order valence-electron chi connectivity index (χ3n) is 9.66. The second-order valence-corrected chi connectivity index (χ2v) is 15.1. The fourth-order valence-corrected chi connectivity index (χ4v) is 7.11. The summed E-state index contributed by atoms with van der Waals surface area (Å²) >= 11 is 5.94. The highest BCUT2D eigenvalue weighted by Crippen LogP contribution is 2.43. The molecule has 2 saturated heterocycles. The van der Waals surface area contributed by atoms with Gasteiger partial charge >= 0.3 is 23.9 Å². The van der Waals surface area contributed by atoms with Crippen molar-refractivity contribution < 1.29 is 47.7 Å². The average molecular weight is 815 g/mol. The summed E-state index contributed by atoms with van der Waals surface area (Å²) in [6.45, 7) is 5.34. The monoisotopic (exact) mass is 814 g/mol. The molecular formula is C46H42N2O10S. The Hall–Kier alpha value is -6.41. The van der Waals surface area contributed by atoms with Crippen molar-refractivity contribution in [2.45, 2.75) is 63.1 Å². The molecule has 302 valence electrons. The van der Waals surface area contributed by atoms with Crippen LogP contribution in [0.5, 0.6) is 0 Å². The number of hydroxylamine groups is 2. The van der Waals surface area contributed by atoms with Crippen LogP contribution in [0.2, 0.25) is 0 Å². The number of ether oxygens (including phenoxy) is 5. The molecule has 0 amide bonds. The molecule has 6 atom stereocenters.